The van der Waals surface area contributed by atoms with Crippen LogP contribution >= 0.6 is 11.3 Å². The largest absolute Gasteiger partial charge is 0.451 e. The smallest absolute Gasteiger partial charge is 0.358 e. The number of aryl methyl sites for hydroxylation is 1. The fourth-order valence-electron chi connectivity index (χ4n) is 3.56. The minimum Gasteiger partial charge on any atom is -0.451 e. The second-order valence-corrected chi connectivity index (χ2v) is 8.69. The lowest BCUT2D eigenvalue weighted by Gasteiger charge is -2.34. The van der Waals surface area contributed by atoms with Gasteiger partial charge in [0, 0.05) is 42.8 Å². The number of ether oxygens (including phenoxy) is 1. The molecule has 3 amide bonds. The molecule has 1 aromatic heterocycles. The molecule has 1 aliphatic rings. The average Bonchev–Trinajstić information content (AvgIpc) is 3.38. The van der Waals surface area contributed by atoms with Crippen LogP contribution in [0.25, 0.3) is 10.6 Å². The van der Waals surface area contributed by atoms with Crippen LogP contribution in [0, 0.1) is 0 Å². The van der Waals surface area contributed by atoms with Crippen molar-refractivity contribution >= 4 is 34.9 Å². The van der Waals surface area contributed by atoms with E-state index in [1.165, 1.54) is 16.9 Å². The number of thiazole rings is 1. The number of nitrogens with zero attached hydrogens (tertiary/aromatic N) is 3. The van der Waals surface area contributed by atoms with Crippen molar-refractivity contribution in [2.45, 2.75) is 13.3 Å². The molecule has 8 nitrogen and oxygen atoms in total. The number of piperazine rings is 1. The summed E-state index contributed by atoms with van der Waals surface area (Å²) in [5.74, 6) is -0.913. The number of nitrogens with one attached hydrogen (secondary N) is 1. The van der Waals surface area contributed by atoms with Crippen LogP contribution in [0.15, 0.2) is 60.0 Å². The van der Waals surface area contributed by atoms with E-state index in [1.807, 2.05) is 54.6 Å². The van der Waals surface area contributed by atoms with E-state index in [2.05, 4.69) is 17.2 Å². The number of carbonyl (C=O) groups is 3. The molecule has 34 heavy (non-hydrogen) atoms. The van der Waals surface area contributed by atoms with E-state index in [4.69, 9.17) is 4.74 Å². The minimum absolute atomic E-state index is 0.190. The number of urea groups is 1. The third-order valence-corrected chi connectivity index (χ3v) is 6.49. The quantitative estimate of drug-likeness (QED) is 0.543. The predicted octanol–water partition coefficient (Wildman–Crippen LogP) is 3.91. The fourth-order valence-corrected chi connectivity index (χ4v) is 4.35. The first-order valence-electron chi connectivity index (χ1n) is 11.1. The van der Waals surface area contributed by atoms with Crippen LogP contribution in [-0.4, -0.2) is 65.5 Å². The molecule has 9 heteroatoms. The molecule has 0 spiro atoms. The zero-order valence-electron chi connectivity index (χ0n) is 18.9. The molecule has 1 saturated heterocycles. The monoisotopic (exact) mass is 478 g/mol. The first-order valence-corrected chi connectivity index (χ1v) is 12.0. The van der Waals surface area contributed by atoms with Gasteiger partial charge >= 0.3 is 12.0 Å². The lowest BCUT2D eigenvalue weighted by Crippen LogP contribution is -2.52. The number of rotatable bonds is 6. The number of hydrogen-bond acceptors (Lipinski definition) is 6. The Morgan fingerprint density at radius 1 is 0.971 bits per heavy atom. The molecule has 1 aliphatic heterocycles. The van der Waals surface area contributed by atoms with E-state index in [1.54, 1.807) is 15.2 Å². The number of para-hydroxylation sites is 1. The van der Waals surface area contributed by atoms with Crippen molar-refractivity contribution < 1.29 is 19.1 Å². The first kappa shape index (κ1) is 23.4. The Morgan fingerprint density at radius 3 is 2.32 bits per heavy atom. The number of aromatic nitrogens is 1. The molecule has 0 unspecified atom stereocenters. The van der Waals surface area contributed by atoms with E-state index in [9.17, 15) is 14.4 Å². The molecule has 4 rings (SSSR count). The summed E-state index contributed by atoms with van der Waals surface area (Å²) < 4.78 is 5.20. The Morgan fingerprint density at radius 2 is 1.65 bits per heavy atom. The molecular weight excluding hydrogens is 452 g/mol. The Hall–Kier alpha value is -3.72. The summed E-state index contributed by atoms with van der Waals surface area (Å²) in [6.07, 6.45) is 0.958. The van der Waals surface area contributed by atoms with Crippen molar-refractivity contribution in [1.29, 1.82) is 0 Å². The van der Waals surface area contributed by atoms with Crippen LogP contribution in [0.5, 0.6) is 0 Å². The van der Waals surface area contributed by atoms with Gasteiger partial charge in [0.1, 0.15) is 5.01 Å². The van der Waals surface area contributed by atoms with Crippen molar-refractivity contribution in [2.75, 3.05) is 38.1 Å². The van der Waals surface area contributed by atoms with Gasteiger partial charge in [0.25, 0.3) is 5.91 Å². The van der Waals surface area contributed by atoms with E-state index in [0.29, 0.717) is 26.2 Å². The van der Waals surface area contributed by atoms with Crippen molar-refractivity contribution in [3.8, 4) is 10.6 Å². The molecular formula is C25H26N4O4S. The van der Waals surface area contributed by atoms with Gasteiger partial charge in [-0.1, -0.05) is 49.4 Å². The van der Waals surface area contributed by atoms with E-state index < -0.39 is 5.97 Å². The van der Waals surface area contributed by atoms with E-state index >= 15 is 0 Å². The standard InChI is InChI=1S/C25H26N4O4S/c1-2-18-8-10-19(11-9-18)23-27-21(17-34-23)24(31)33-16-22(30)28-12-14-29(15-13-28)25(32)26-20-6-4-3-5-7-20/h3-11,17H,2,12-16H2,1H3,(H,26,32). The van der Waals surface area contributed by atoms with Gasteiger partial charge in [-0.2, -0.15) is 0 Å². The highest BCUT2D eigenvalue weighted by atomic mass is 32.1. The molecule has 2 heterocycles. The van der Waals surface area contributed by atoms with Crippen LogP contribution < -0.4 is 5.32 Å². The van der Waals surface area contributed by atoms with Crippen molar-refractivity contribution in [3.05, 3.63) is 71.2 Å². The molecule has 0 atom stereocenters. The number of hydrogen-bond donors (Lipinski definition) is 1. The summed E-state index contributed by atoms with van der Waals surface area (Å²) >= 11 is 1.36. The van der Waals surface area contributed by atoms with Crippen molar-refractivity contribution in [1.82, 2.24) is 14.8 Å². The SMILES string of the molecule is CCc1ccc(-c2nc(C(=O)OCC(=O)N3CCN(C(=O)Nc4ccccc4)CC3)cs2)cc1. The summed E-state index contributed by atoms with van der Waals surface area (Å²) in [6, 6.07) is 17.1. The summed E-state index contributed by atoms with van der Waals surface area (Å²) in [5, 5.41) is 5.21. The van der Waals surface area contributed by atoms with Crippen LogP contribution in [0.1, 0.15) is 23.0 Å². The summed E-state index contributed by atoms with van der Waals surface area (Å²) in [4.78, 5) is 44.9. The van der Waals surface area contributed by atoms with Gasteiger partial charge in [-0.15, -0.1) is 11.3 Å². The van der Waals surface area contributed by atoms with Gasteiger partial charge < -0.3 is 19.9 Å². The van der Waals surface area contributed by atoms with Crippen LogP contribution in [-0.2, 0) is 16.0 Å². The van der Waals surface area contributed by atoms with Gasteiger partial charge in [0.2, 0.25) is 0 Å². The second-order valence-electron chi connectivity index (χ2n) is 7.83. The summed E-state index contributed by atoms with van der Waals surface area (Å²) in [7, 11) is 0. The van der Waals surface area contributed by atoms with Gasteiger partial charge in [-0.05, 0) is 24.1 Å². The number of benzene rings is 2. The third-order valence-electron chi connectivity index (χ3n) is 5.59. The molecule has 2 aromatic carbocycles. The van der Waals surface area contributed by atoms with E-state index in [-0.39, 0.29) is 24.2 Å². The highest BCUT2D eigenvalue weighted by Crippen LogP contribution is 2.24. The number of anilines is 1. The first-order chi connectivity index (χ1) is 16.5. The number of amides is 3. The fraction of sp³-hybridized carbons (Fsp3) is 0.280. The van der Waals surface area contributed by atoms with Gasteiger partial charge in [0.15, 0.2) is 12.3 Å². The zero-order chi connectivity index (χ0) is 23.9. The highest BCUT2D eigenvalue weighted by molar-refractivity contribution is 7.13. The topological polar surface area (TPSA) is 91.8 Å². The third kappa shape index (κ3) is 5.79. The van der Waals surface area contributed by atoms with Crippen molar-refractivity contribution in [3.63, 3.8) is 0 Å². The molecule has 0 aliphatic carbocycles. The Balaban J connectivity index is 1.23. The van der Waals surface area contributed by atoms with Gasteiger partial charge in [0.05, 0.1) is 0 Å². The lowest BCUT2D eigenvalue weighted by atomic mass is 10.1. The lowest BCUT2D eigenvalue weighted by molar-refractivity contribution is -0.135. The summed E-state index contributed by atoms with van der Waals surface area (Å²) in [6.45, 7) is 3.32. The molecule has 3 aromatic rings. The molecule has 176 valence electrons. The Bertz CT molecular complexity index is 1140. The summed E-state index contributed by atoms with van der Waals surface area (Å²) in [5.41, 5.74) is 3.08. The molecule has 0 radical (unpaired) electrons. The Kier molecular flexibility index (Phi) is 7.54. The molecule has 0 saturated carbocycles. The van der Waals surface area contributed by atoms with Gasteiger partial charge in [-0.3, -0.25) is 4.79 Å². The van der Waals surface area contributed by atoms with E-state index in [0.717, 1.165) is 22.7 Å². The number of esters is 1. The highest BCUT2D eigenvalue weighted by Gasteiger charge is 2.25. The van der Waals surface area contributed by atoms with Gasteiger partial charge in [-0.25, -0.2) is 14.6 Å². The molecule has 0 bridgehead atoms. The Labute approximate surface area is 202 Å². The van der Waals surface area contributed by atoms with Crippen LogP contribution in [0.2, 0.25) is 0 Å². The minimum atomic E-state index is -0.623. The van der Waals surface area contributed by atoms with Crippen LogP contribution in [0.3, 0.4) is 0 Å². The predicted molar refractivity (Wildman–Crippen MR) is 131 cm³/mol. The maximum atomic E-state index is 12.5. The van der Waals surface area contributed by atoms with Crippen molar-refractivity contribution in [2.24, 2.45) is 0 Å². The average molecular weight is 479 g/mol. The molecule has 1 fully saturated rings. The van der Waals surface area contributed by atoms with Crippen LogP contribution in [0.4, 0.5) is 10.5 Å². The number of carbonyl (C=O) groups excluding carboxylic acids is 3. The normalized spacial score (nSPS) is 13.4. The second kappa shape index (κ2) is 10.9. The zero-order valence-corrected chi connectivity index (χ0v) is 19.7. The maximum absolute atomic E-state index is 12.5. The maximum Gasteiger partial charge on any atom is 0.358 e. The molecule has 1 N–H and O–H groups in total.